The Morgan fingerprint density at radius 2 is 1.71 bits per heavy atom. The molecule has 0 saturated carbocycles. The standard InChI is InChI=1S/C21H28BClF3NO4/c1-18(2,3)29-17(28)27-12-15(22-30-19(4,5)20(6,7)31-22)11-13-10-14(21(24,25)26)8-9-16(13)23/h8-11H,12H2,1-7H3,(H,27,28). The van der Waals surface area contributed by atoms with E-state index in [1.807, 2.05) is 27.7 Å². The highest BCUT2D eigenvalue weighted by molar-refractivity contribution is 6.56. The molecule has 172 valence electrons. The van der Waals surface area contributed by atoms with E-state index in [0.717, 1.165) is 12.1 Å². The largest absolute Gasteiger partial charge is 0.492 e. The summed E-state index contributed by atoms with van der Waals surface area (Å²) in [5.74, 6) is 0. The normalized spacial score (nSPS) is 18.8. The molecule has 0 atom stereocenters. The van der Waals surface area contributed by atoms with Gasteiger partial charge in [0.1, 0.15) is 5.60 Å². The zero-order chi connectivity index (χ0) is 23.8. The van der Waals surface area contributed by atoms with Crippen molar-refractivity contribution in [3.05, 3.63) is 39.8 Å². The van der Waals surface area contributed by atoms with E-state index in [1.54, 1.807) is 20.8 Å². The van der Waals surface area contributed by atoms with Gasteiger partial charge in [0.05, 0.1) is 16.8 Å². The highest BCUT2D eigenvalue weighted by atomic mass is 35.5. The predicted octanol–water partition coefficient (Wildman–Crippen LogP) is 5.90. The summed E-state index contributed by atoms with van der Waals surface area (Å²) < 4.78 is 56.8. The SMILES string of the molecule is CC(C)(C)OC(=O)NCC(=Cc1cc(C(F)(F)F)ccc1Cl)B1OC(C)(C)C(C)(C)O1. The Morgan fingerprint density at radius 3 is 2.19 bits per heavy atom. The molecule has 0 aliphatic carbocycles. The number of alkyl halides is 3. The minimum atomic E-state index is -4.52. The van der Waals surface area contributed by atoms with Crippen molar-refractivity contribution < 1.29 is 32.0 Å². The number of rotatable bonds is 4. The van der Waals surface area contributed by atoms with Crippen LogP contribution in [-0.2, 0) is 20.2 Å². The first kappa shape index (κ1) is 25.6. The molecule has 31 heavy (non-hydrogen) atoms. The van der Waals surface area contributed by atoms with Gasteiger partial charge in [-0.2, -0.15) is 13.2 Å². The number of nitrogens with one attached hydrogen (secondary N) is 1. The van der Waals surface area contributed by atoms with Gasteiger partial charge in [-0.1, -0.05) is 17.7 Å². The average molecular weight is 462 g/mol. The quantitative estimate of drug-likeness (QED) is 0.567. The summed E-state index contributed by atoms with van der Waals surface area (Å²) >= 11 is 6.15. The van der Waals surface area contributed by atoms with E-state index < -0.39 is 41.8 Å². The molecule has 1 saturated heterocycles. The number of ether oxygens (including phenoxy) is 1. The number of amides is 1. The number of benzene rings is 1. The number of alkyl carbamates (subject to hydrolysis) is 1. The van der Waals surface area contributed by atoms with Crippen LogP contribution in [0.3, 0.4) is 0 Å². The fourth-order valence-corrected chi connectivity index (χ4v) is 2.89. The lowest BCUT2D eigenvalue weighted by Gasteiger charge is -2.32. The Kier molecular flexibility index (Phi) is 7.15. The van der Waals surface area contributed by atoms with Gasteiger partial charge >= 0.3 is 19.4 Å². The van der Waals surface area contributed by atoms with Gasteiger partial charge in [-0.05, 0) is 77.7 Å². The zero-order valence-corrected chi connectivity index (χ0v) is 19.5. The monoisotopic (exact) mass is 461 g/mol. The third-order valence-corrected chi connectivity index (χ3v) is 5.40. The lowest BCUT2D eigenvalue weighted by Crippen LogP contribution is -2.41. The maximum absolute atomic E-state index is 13.2. The van der Waals surface area contributed by atoms with Crippen molar-refractivity contribution in [2.24, 2.45) is 0 Å². The number of hydrogen-bond donors (Lipinski definition) is 1. The minimum Gasteiger partial charge on any atom is -0.444 e. The van der Waals surface area contributed by atoms with Crippen LogP contribution in [0.15, 0.2) is 23.7 Å². The molecular weight excluding hydrogens is 433 g/mol. The molecule has 1 heterocycles. The first-order valence-corrected chi connectivity index (χ1v) is 10.2. The van der Waals surface area contributed by atoms with E-state index in [0.29, 0.717) is 5.47 Å². The lowest BCUT2D eigenvalue weighted by atomic mass is 9.77. The van der Waals surface area contributed by atoms with Gasteiger partial charge in [0.15, 0.2) is 0 Å². The first-order chi connectivity index (χ1) is 13.9. The van der Waals surface area contributed by atoms with Crippen molar-refractivity contribution in [2.45, 2.75) is 71.4 Å². The Hall–Kier alpha value is -1.71. The average Bonchev–Trinajstić information content (AvgIpc) is 2.78. The number of halogens is 4. The third-order valence-electron chi connectivity index (χ3n) is 5.06. The van der Waals surface area contributed by atoms with Crippen molar-refractivity contribution in [3.8, 4) is 0 Å². The van der Waals surface area contributed by atoms with Crippen LogP contribution >= 0.6 is 11.6 Å². The van der Waals surface area contributed by atoms with E-state index in [1.165, 1.54) is 12.1 Å². The van der Waals surface area contributed by atoms with Crippen LogP contribution in [0.5, 0.6) is 0 Å². The van der Waals surface area contributed by atoms with Gasteiger partial charge in [0.25, 0.3) is 0 Å². The Bertz CT molecular complexity index is 847. The highest BCUT2D eigenvalue weighted by Crippen LogP contribution is 2.39. The van der Waals surface area contributed by atoms with Crippen molar-refractivity contribution >= 4 is 30.9 Å². The topological polar surface area (TPSA) is 56.8 Å². The maximum atomic E-state index is 13.2. The minimum absolute atomic E-state index is 0.0711. The molecule has 1 aliphatic rings. The predicted molar refractivity (Wildman–Crippen MR) is 115 cm³/mol. The molecule has 1 aliphatic heterocycles. The van der Waals surface area contributed by atoms with Gasteiger partial charge in [-0.3, -0.25) is 0 Å². The van der Waals surface area contributed by atoms with Crippen molar-refractivity contribution in [2.75, 3.05) is 6.54 Å². The Morgan fingerprint density at radius 1 is 1.16 bits per heavy atom. The van der Waals surface area contributed by atoms with Crippen LogP contribution in [0, 0.1) is 0 Å². The fourth-order valence-electron chi connectivity index (χ4n) is 2.72. The summed E-state index contributed by atoms with van der Waals surface area (Å²) in [7, 11) is -0.898. The molecule has 10 heteroatoms. The number of carbonyl (C=O) groups excluding carboxylic acids is 1. The van der Waals surface area contributed by atoms with Crippen LogP contribution in [0.25, 0.3) is 6.08 Å². The van der Waals surface area contributed by atoms with E-state index >= 15 is 0 Å². The third kappa shape index (κ3) is 6.64. The molecule has 0 spiro atoms. The molecule has 1 fully saturated rings. The second-order valence-corrected chi connectivity index (χ2v) is 9.80. The molecule has 5 nitrogen and oxygen atoms in total. The lowest BCUT2D eigenvalue weighted by molar-refractivity contribution is -0.137. The van der Waals surface area contributed by atoms with E-state index in [4.69, 9.17) is 25.6 Å². The molecule has 1 aromatic carbocycles. The molecule has 0 aromatic heterocycles. The Balaban J connectivity index is 2.40. The summed E-state index contributed by atoms with van der Waals surface area (Å²) in [6.45, 7) is 12.5. The maximum Gasteiger partial charge on any atom is 0.492 e. The number of carbonyl (C=O) groups is 1. The highest BCUT2D eigenvalue weighted by Gasteiger charge is 2.52. The number of hydrogen-bond acceptors (Lipinski definition) is 4. The molecule has 1 aromatic rings. The summed E-state index contributed by atoms with van der Waals surface area (Å²) in [5.41, 5.74) is -2.38. The molecule has 1 N–H and O–H groups in total. The first-order valence-electron chi connectivity index (χ1n) is 9.81. The van der Waals surface area contributed by atoms with Crippen molar-refractivity contribution in [1.82, 2.24) is 5.32 Å². The molecule has 0 unspecified atom stereocenters. The fraction of sp³-hybridized carbons (Fsp3) is 0.571. The van der Waals surface area contributed by atoms with Gasteiger partial charge in [-0.15, -0.1) is 0 Å². The van der Waals surface area contributed by atoms with E-state index in [9.17, 15) is 18.0 Å². The van der Waals surface area contributed by atoms with Crippen LogP contribution in [0.1, 0.15) is 59.6 Å². The summed E-state index contributed by atoms with van der Waals surface area (Å²) in [4.78, 5) is 12.1. The van der Waals surface area contributed by atoms with Gasteiger partial charge in [0.2, 0.25) is 0 Å². The van der Waals surface area contributed by atoms with Crippen molar-refractivity contribution in [1.29, 1.82) is 0 Å². The van der Waals surface area contributed by atoms with E-state index in [-0.39, 0.29) is 17.1 Å². The zero-order valence-electron chi connectivity index (χ0n) is 18.7. The molecule has 2 rings (SSSR count). The van der Waals surface area contributed by atoms with Crippen LogP contribution in [0.4, 0.5) is 18.0 Å². The summed E-state index contributed by atoms with van der Waals surface area (Å²) in [6.07, 6.45) is -3.76. The smallest absolute Gasteiger partial charge is 0.444 e. The second-order valence-electron chi connectivity index (χ2n) is 9.40. The van der Waals surface area contributed by atoms with Gasteiger partial charge in [-0.25, -0.2) is 4.79 Å². The molecule has 0 radical (unpaired) electrons. The molecule has 1 amide bonds. The van der Waals surface area contributed by atoms with Crippen molar-refractivity contribution in [3.63, 3.8) is 0 Å². The van der Waals surface area contributed by atoms with Crippen LogP contribution < -0.4 is 5.32 Å². The van der Waals surface area contributed by atoms with E-state index in [2.05, 4.69) is 5.32 Å². The van der Waals surface area contributed by atoms with Gasteiger partial charge < -0.3 is 19.4 Å². The molecular formula is C21H28BClF3NO4. The Labute approximate surface area is 186 Å². The second kappa shape index (κ2) is 8.67. The molecule has 0 bridgehead atoms. The van der Waals surface area contributed by atoms with Gasteiger partial charge in [0, 0.05) is 11.6 Å². The summed E-state index contributed by atoms with van der Waals surface area (Å²) in [5, 5.41) is 2.73. The summed E-state index contributed by atoms with van der Waals surface area (Å²) in [6, 6.07) is 3.04. The van der Waals surface area contributed by atoms with Crippen LogP contribution in [0.2, 0.25) is 5.02 Å². The van der Waals surface area contributed by atoms with Crippen LogP contribution in [-0.4, -0.2) is 36.6 Å².